The molecule has 0 saturated heterocycles. The van der Waals surface area contributed by atoms with Crippen molar-refractivity contribution in [1.82, 2.24) is 0 Å². The minimum absolute atomic E-state index is 0.0887. The van der Waals surface area contributed by atoms with E-state index in [-0.39, 0.29) is 6.61 Å². The number of rotatable bonds is 5. The van der Waals surface area contributed by atoms with Gasteiger partial charge in [0.2, 0.25) is 0 Å². The van der Waals surface area contributed by atoms with E-state index in [2.05, 4.69) is 24.8 Å². The Bertz CT molecular complexity index is 491. The third-order valence-electron chi connectivity index (χ3n) is 3.09. The molecule has 0 amide bonds. The fourth-order valence-corrected chi connectivity index (χ4v) is 2.13. The number of anilines is 1. The molecular formula is C15H19NO2. The summed E-state index contributed by atoms with van der Waals surface area (Å²) in [6, 6.07) is 9.95. The lowest BCUT2D eigenvalue weighted by Crippen LogP contribution is -2.22. The average Bonchev–Trinajstić information content (AvgIpc) is 2.89. The van der Waals surface area contributed by atoms with E-state index in [9.17, 15) is 0 Å². The molecule has 0 fully saturated rings. The number of hydrogen-bond acceptors (Lipinski definition) is 3. The highest BCUT2D eigenvalue weighted by Crippen LogP contribution is 2.23. The van der Waals surface area contributed by atoms with E-state index in [1.54, 1.807) is 6.26 Å². The largest absolute Gasteiger partial charge is 0.467 e. The van der Waals surface area contributed by atoms with Crippen LogP contribution >= 0.6 is 0 Å². The number of aryl methyl sites for hydroxylation is 1. The van der Waals surface area contributed by atoms with Gasteiger partial charge in [0, 0.05) is 12.2 Å². The van der Waals surface area contributed by atoms with Crippen LogP contribution in [-0.2, 0) is 13.2 Å². The minimum Gasteiger partial charge on any atom is -0.467 e. The lowest BCUT2D eigenvalue weighted by molar-refractivity contribution is 0.282. The molecule has 1 aromatic heterocycles. The second-order valence-corrected chi connectivity index (χ2v) is 4.37. The van der Waals surface area contributed by atoms with Crippen LogP contribution in [0.1, 0.15) is 23.8 Å². The van der Waals surface area contributed by atoms with E-state index < -0.39 is 0 Å². The molecule has 0 unspecified atom stereocenters. The van der Waals surface area contributed by atoms with Gasteiger partial charge in [0.25, 0.3) is 0 Å². The molecule has 3 nitrogen and oxygen atoms in total. The van der Waals surface area contributed by atoms with Gasteiger partial charge in [0.15, 0.2) is 0 Å². The molecule has 0 bridgehead atoms. The quantitative estimate of drug-likeness (QED) is 0.879. The van der Waals surface area contributed by atoms with E-state index in [4.69, 9.17) is 9.52 Å². The Morgan fingerprint density at radius 2 is 2.11 bits per heavy atom. The third kappa shape index (κ3) is 2.74. The summed E-state index contributed by atoms with van der Waals surface area (Å²) in [4.78, 5) is 2.26. The van der Waals surface area contributed by atoms with Gasteiger partial charge in [-0.1, -0.05) is 12.1 Å². The zero-order valence-electron chi connectivity index (χ0n) is 10.9. The molecule has 1 aromatic carbocycles. The molecule has 18 heavy (non-hydrogen) atoms. The summed E-state index contributed by atoms with van der Waals surface area (Å²) in [7, 11) is 0. The van der Waals surface area contributed by atoms with E-state index in [1.807, 2.05) is 24.3 Å². The second kappa shape index (κ2) is 5.74. The van der Waals surface area contributed by atoms with Crippen molar-refractivity contribution in [2.24, 2.45) is 0 Å². The molecule has 0 atom stereocenters. The fourth-order valence-electron chi connectivity index (χ4n) is 2.13. The van der Waals surface area contributed by atoms with Gasteiger partial charge in [-0.05, 0) is 43.2 Å². The van der Waals surface area contributed by atoms with Crippen LogP contribution in [0.4, 0.5) is 5.69 Å². The van der Waals surface area contributed by atoms with Crippen molar-refractivity contribution in [2.75, 3.05) is 11.4 Å². The number of aliphatic hydroxyl groups excluding tert-OH is 1. The van der Waals surface area contributed by atoms with Gasteiger partial charge in [-0.15, -0.1) is 0 Å². The Morgan fingerprint density at radius 3 is 2.67 bits per heavy atom. The second-order valence-electron chi connectivity index (χ2n) is 4.37. The number of furan rings is 1. The van der Waals surface area contributed by atoms with Crippen LogP contribution in [0.15, 0.2) is 41.0 Å². The Hall–Kier alpha value is -1.74. The van der Waals surface area contributed by atoms with E-state index >= 15 is 0 Å². The SMILES string of the molecule is CCN(Cc1ccco1)c1ccc(CO)cc1C. The topological polar surface area (TPSA) is 36.6 Å². The summed E-state index contributed by atoms with van der Waals surface area (Å²) in [5.74, 6) is 0.961. The van der Waals surface area contributed by atoms with Crippen LogP contribution in [0.25, 0.3) is 0 Å². The van der Waals surface area contributed by atoms with Crippen molar-refractivity contribution < 1.29 is 9.52 Å². The summed E-state index contributed by atoms with van der Waals surface area (Å²) in [5.41, 5.74) is 3.31. The number of benzene rings is 1. The van der Waals surface area contributed by atoms with Gasteiger partial charge in [-0.2, -0.15) is 0 Å². The van der Waals surface area contributed by atoms with Crippen LogP contribution in [0.5, 0.6) is 0 Å². The molecule has 1 N–H and O–H groups in total. The van der Waals surface area contributed by atoms with Crippen LogP contribution in [0.2, 0.25) is 0 Å². The predicted molar refractivity (Wildman–Crippen MR) is 72.5 cm³/mol. The Kier molecular flexibility index (Phi) is 4.05. The average molecular weight is 245 g/mol. The molecule has 0 radical (unpaired) electrons. The lowest BCUT2D eigenvalue weighted by atomic mass is 10.1. The summed E-state index contributed by atoms with van der Waals surface area (Å²) >= 11 is 0. The van der Waals surface area contributed by atoms with Crippen molar-refractivity contribution in [3.63, 3.8) is 0 Å². The Labute approximate surface area is 108 Å². The van der Waals surface area contributed by atoms with Crippen LogP contribution in [-0.4, -0.2) is 11.7 Å². The molecule has 0 aliphatic carbocycles. The zero-order chi connectivity index (χ0) is 13.0. The van der Waals surface area contributed by atoms with Crippen molar-refractivity contribution in [3.8, 4) is 0 Å². The highest BCUT2D eigenvalue weighted by molar-refractivity contribution is 5.54. The van der Waals surface area contributed by atoms with Gasteiger partial charge in [0.05, 0.1) is 19.4 Å². The van der Waals surface area contributed by atoms with E-state index in [1.165, 1.54) is 11.3 Å². The first kappa shape index (κ1) is 12.7. The zero-order valence-corrected chi connectivity index (χ0v) is 10.9. The van der Waals surface area contributed by atoms with Crippen molar-refractivity contribution >= 4 is 5.69 Å². The Balaban J connectivity index is 2.22. The first-order chi connectivity index (χ1) is 8.74. The van der Waals surface area contributed by atoms with E-state index in [0.717, 1.165) is 24.4 Å². The normalized spacial score (nSPS) is 10.6. The van der Waals surface area contributed by atoms with Gasteiger partial charge < -0.3 is 14.4 Å². The van der Waals surface area contributed by atoms with Crippen molar-refractivity contribution in [3.05, 3.63) is 53.5 Å². The van der Waals surface area contributed by atoms with Gasteiger partial charge in [0.1, 0.15) is 5.76 Å². The number of nitrogens with zero attached hydrogens (tertiary/aromatic N) is 1. The summed E-state index contributed by atoms with van der Waals surface area (Å²) in [5, 5.41) is 9.13. The maximum Gasteiger partial charge on any atom is 0.123 e. The summed E-state index contributed by atoms with van der Waals surface area (Å²) < 4.78 is 5.39. The van der Waals surface area contributed by atoms with Crippen LogP contribution < -0.4 is 4.90 Å². The smallest absolute Gasteiger partial charge is 0.123 e. The summed E-state index contributed by atoms with van der Waals surface area (Å²) in [6.45, 7) is 5.97. The maximum absolute atomic E-state index is 9.13. The molecule has 96 valence electrons. The van der Waals surface area contributed by atoms with Gasteiger partial charge in [-0.3, -0.25) is 0 Å². The molecular weight excluding hydrogens is 226 g/mol. The maximum atomic E-state index is 9.13. The molecule has 2 aromatic rings. The van der Waals surface area contributed by atoms with E-state index in [0.29, 0.717) is 0 Å². The summed E-state index contributed by atoms with van der Waals surface area (Å²) in [6.07, 6.45) is 1.70. The fraction of sp³-hybridized carbons (Fsp3) is 0.333. The number of aliphatic hydroxyl groups is 1. The number of hydrogen-bond donors (Lipinski definition) is 1. The van der Waals surface area contributed by atoms with Crippen LogP contribution in [0, 0.1) is 6.92 Å². The molecule has 0 spiro atoms. The first-order valence-corrected chi connectivity index (χ1v) is 6.22. The first-order valence-electron chi connectivity index (χ1n) is 6.22. The molecule has 3 heteroatoms. The molecule has 1 heterocycles. The third-order valence-corrected chi connectivity index (χ3v) is 3.09. The van der Waals surface area contributed by atoms with Crippen molar-refractivity contribution in [2.45, 2.75) is 27.0 Å². The van der Waals surface area contributed by atoms with Gasteiger partial charge in [-0.25, -0.2) is 0 Å². The molecule has 0 saturated carbocycles. The predicted octanol–water partition coefficient (Wildman–Crippen LogP) is 3.11. The highest BCUT2D eigenvalue weighted by Gasteiger charge is 2.10. The minimum atomic E-state index is 0.0887. The molecule has 0 aliphatic rings. The molecule has 2 rings (SSSR count). The Morgan fingerprint density at radius 1 is 1.28 bits per heavy atom. The van der Waals surface area contributed by atoms with Crippen molar-refractivity contribution in [1.29, 1.82) is 0 Å². The standard InChI is InChI=1S/C15H19NO2/c1-3-16(10-14-5-4-8-18-14)15-7-6-13(11-17)9-12(15)2/h4-9,17H,3,10-11H2,1-2H3. The van der Waals surface area contributed by atoms with Gasteiger partial charge >= 0.3 is 0 Å². The molecule has 0 aliphatic heterocycles. The monoisotopic (exact) mass is 245 g/mol. The highest BCUT2D eigenvalue weighted by atomic mass is 16.3. The van der Waals surface area contributed by atoms with Crippen LogP contribution in [0.3, 0.4) is 0 Å². The lowest BCUT2D eigenvalue weighted by Gasteiger charge is -2.24.